The standard InChI is InChI=1S/C32H20N2S/c1-3-9-21(10-4-1)22-15-17-25(18-16-22)31-33-29(24-12-5-2-6-13-24)28-27-20-19-23-11-7-8-14-26(23)30(27)35-32(28)34-31/h1-20H. The normalized spacial score (nSPS) is 11.4. The van der Waals surface area contributed by atoms with Crippen molar-refractivity contribution in [2.24, 2.45) is 0 Å². The van der Waals surface area contributed by atoms with E-state index in [1.165, 1.54) is 32.0 Å². The van der Waals surface area contributed by atoms with E-state index >= 15 is 0 Å². The summed E-state index contributed by atoms with van der Waals surface area (Å²) in [5.41, 5.74) is 5.50. The fourth-order valence-corrected chi connectivity index (χ4v) is 5.99. The Kier molecular flexibility index (Phi) is 4.68. The molecular weight excluding hydrogens is 444 g/mol. The minimum absolute atomic E-state index is 0.756. The first kappa shape index (κ1) is 20.1. The van der Waals surface area contributed by atoms with Crippen molar-refractivity contribution in [1.29, 1.82) is 0 Å². The largest absolute Gasteiger partial charge is 0.227 e. The minimum atomic E-state index is 0.756. The van der Waals surface area contributed by atoms with E-state index in [0.717, 1.165) is 32.9 Å². The van der Waals surface area contributed by atoms with Crippen molar-refractivity contribution in [3.63, 3.8) is 0 Å². The first-order valence-corrected chi connectivity index (χ1v) is 12.5. The molecule has 5 aromatic carbocycles. The Bertz CT molecular complexity index is 1820. The van der Waals surface area contributed by atoms with Gasteiger partial charge in [-0.2, -0.15) is 0 Å². The molecule has 0 atom stereocenters. The number of rotatable bonds is 3. The molecule has 0 N–H and O–H groups in total. The lowest BCUT2D eigenvalue weighted by Crippen LogP contribution is -1.93. The molecule has 7 aromatic rings. The molecule has 164 valence electrons. The van der Waals surface area contributed by atoms with Gasteiger partial charge in [0.15, 0.2) is 5.82 Å². The molecule has 0 aliphatic heterocycles. The van der Waals surface area contributed by atoms with Gasteiger partial charge in [-0.15, -0.1) is 11.3 Å². The van der Waals surface area contributed by atoms with E-state index in [1.807, 2.05) is 12.1 Å². The predicted octanol–water partition coefficient (Wildman–Crippen LogP) is 9.00. The average molecular weight is 465 g/mol. The van der Waals surface area contributed by atoms with Crippen LogP contribution < -0.4 is 0 Å². The third-order valence-electron chi connectivity index (χ3n) is 6.52. The summed E-state index contributed by atoms with van der Waals surface area (Å²) in [7, 11) is 0. The van der Waals surface area contributed by atoms with Crippen LogP contribution >= 0.6 is 11.3 Å². The van der Waals surface area contributed by atoms with Gasteiger partial charge in [0, 0.05) is 26.6 Å². The van der Waals surface area contributed by atoms with E-state index in [-0.39, 0.29) is 0 Å². The van der Waals surface area contributed by atoms with Crippen LogP contribution in [0.25, 0.3) is 64.8 Å². The van der Waals surface area contributed by atoms with E-state index in [4.69, 9.17) is 9.97 Å². The van der Waals surface area contributed by atoms with E-state index in [1.54, 1.807) is 11.3 Å². The second-order valence-electron chi connectivity index (χ2n) is 8.65. The Balaban J connectivity index is 1.47. The molecular formula is C32H20N2S. The van der Waals surface area contributed by atoms with Crippen molar-refractivity contribution < 1.29 is 0 Å². The predicted molar refractivity (Wildman–Crippen MR) is 149 cm³/mol. The molecule has 0 bridgehead atoms. The highest BCUT2D eigenvalue weighted by Crippen LogP contribution is 2.42. The van der Waals surface area contributed by atoms with Crippen LogP contribution in [0.15, 0.2) is 121 Å². The lowest BCUT2D eigenvalue weighted by atomic mass is 10.0. The SMILES string of the molecule is c1ccc(-c2ccc(-c3nc(-c4ccccc4)c4c(n3)sc3c5ccccc5ccc34)cc2)cc1. The lowest BCUT2D eigenvalue weighted by Gasteiger charge is -2.08. The molecule has 0 spiro atoms. The first-order valence-electron chi connectivity index (χ1n) is 11.7. The van der Waals surface area contributed by atoms with E-state index in [2.05, 4.69) is 109 Å². The maximum atomic E-state index is 5.14. The summed E-state index contributed by atoms with van der Waals surface area (Å²) in [6.45, 7) is 0. The monoisotopic (exact) mass is 464 g/mol. The third kappa shape index (κ3) is 3.40. The molecule has 2 nitrogen and oxygen atoms in total. The highest BCUT2D eigenvalue weighted by molar-refractivity contribution is 7.26. The average Bonchev–Trinajstić information content (AvgIpc) is 3.33. The van der Waals surface area contributed by atoms with Gasteiger partial charge < -0.3 is 0 Å². The Morgan fingerprint density at radius 3 is 1.86 bits per heavy atom. The van der Waals surface area contributed by atoms with Crippen LogP contribution in [0.1, 0.15) is 0 Å². The fraction of sp³-hybridized carbons (Fsp3) is 0. The first-order chi connectivity index (χ1) is 17.3. The van der Waals surface area contributed by atoms with E-state index in [0.29, 0.717) is 0 Å². The molecule has 0 unspecified atom stereocenters. The van der Waals surface area contributed by atoms with E-state index < -0.39 is 0 Å². The van der Waals surface area contributed by atoms with Crippen molar-refractivity contribution in [1.82, 2.24) is 9.97 Å². The zero-order valence-electron chi connectivity index (χ0n) is 18.8. The molecule has 7 rings (SSSR count). The van der Waals surface area contributed by atoms with Crippen LogP contribution in [-0.4, -0.2) is 9.97 Å². The molecule has 35 heavy (non-hydrogen) atoms. The third-order valence-corrected chi connectivity index (χ3v) is 7.65. The number of thiophene rings is 1. The van der Waals surface area contributed by atoms with Gasteiger partial charge in [-0.3, -0.25) is 0 Å². The maximum absolute atomic E-state index is 5.14. The molecule has 0 radical (unpaired) electrons. The highest BCUT2D eigenvalue weighted by atomic mass is 32.1. The molecule has 0 fully saturated rings. The van der Waals surface area contributed by atoms with Gasteiger partial charge in [0.25, 0.3) is 0 Å². The molecule has 0 saturated heterocycles. The van der Waals surface area contributed by atoms with Gasteiger partial charge in [0.2, 0.25) is 0 Å². The Hall–Kier alpha value is -4.34. The lowest BCUT2D eigenvalue weighted by molar-refractivity contribution is 1.24. The van der Waals surface area contributed by atoms with Crippen LogP contribution in [0.2, 0.25) is 0 Å². The number of aromatic nitrogens is 2. The van der Waals surface area contributed by atoms with Gasteiger partial charge in [0.1, 0.15) is 4.83 Å². The zero-order chi connectivity index (χ0) is 23.2. The molecule has 0 aliphatic rings. The molecule has 3 heteroatoms. The maximum Gasteiger partial charge on any atom is 0.161 e. The van der Waals surface area contributed by atoms with Gasteiger partial charge in [-0.05, 0) is 21.9 Å². The Morgan fingerprint density at radius 2 is 1.09 bits per heavy atom. The number of fused-ring (bicyclic) bond motifs is 5. The number of nitrogens with zero attached hydrogens (tertiary/aromatic N) is 2. The summed E-state index contributed by atoms with van der Waals surface area (Å²) in [4.78, 5) is 11.2. The molecule has 2 heterocycles. The van der Waals surface area contributed by atoms with Crippen LogP contribution in [0.3, 0.4) is 0 Å². The second kappa shape index (κ2) is 8.15. The van der Waals surface area contributed by atoms with Crippen molar-refractivity contribution in [3.05, 3.63) is 121 Å². The molecule has 2 aromatic heterocycles. The van der Waals surface area contributed by atoms with Gasteiger partial charge in [-0.25, -0.2) is 9.97 Å². The minimum Gasteiger partial charge on any atom is -0.227 e. The van der Waals surface area contributed by atoms with Crippen LogP contribution in [-0.2, 0) is 0 Å². The highest BCUT2D eigenvalue weighted by Gasteiger charge is 2.18. The fourth-order valence-electron chi connectivity index (χ4n) is 4.78. The zero-order valence-corrected chi connectivity index (χ0v) is 19.7. The second-order valence-corrected chi connectivity index (χ2v) is 9.65. The summed E-state index contributed by atoms with van der Waals surface area (Å²) in [5.74, 6) is 0.756. The summed E-state index contributed by atoms with van der Waals surface area (Å²) >= 11 is 1.76. The Labute approximate surface area is 207 Å². The molecule has 0 saturated carbocycles. The quantitative estimate of drug-likeness (QED) is 0.261. The summed E-state index contributed by atoms with van der Waals surface area (Å²) in [6.07, 6.45) is 0. The van der Waals surface area contributed by atoms with Crippen molar-refractivity contribution >= 4 is 42.4 Å². The van der Waals surface area contributed by atoms with Crippen LogP contribution in [0.4, 0.5) is 0 Å². The van der Waals surface area contributed by atoms with Crippen LogP contribution in [0, 0.1) is 0 Å². The van der Waals surface area contributed by atoms with Gasteiger partial charge >= 0.3 is 0 Å². The smallest absolute Gasteiger partial charge is 0.161 e. The van der Waals surface area contributed by atoms with Crippen molar-refractivity contribution in [3.8, 4) is 33.8 Å². The van der Waals surface area contributed by atoms with Gasteiger partial charge in [-0.1, -0.05) is 121 Å². The van der Waals surface area contributed by atoms with E-state index in [9.17, 15) is 0 Å². The topological polar surface area (TPSA) is 25.8 Å². The number of benzene rings is 5. The summed E-state index contributed by atoms with van der Waals surface area (Å²) in [6, 6.07) is 42.4. The van der Waals surface area contributed by atoms with Crippen molar-refractivity contribution in [2.75, 3.05) is 0 Å². The van der Waals surface area contributed by atoms with Crippen molar-refractivity contribution in [2.45, 2.75) is 0 Å². The Morgan fingerprint density at radius 1 is 0.457 bits per heavy atom. The number of hydrogen-bond acceptors (Lipinski definition) is 3. The molecule has 0 amide bonds. The van der Waals surface area contributed by atoms with Crippen LogP contribution in [0.5, 0.6) is 0 Å². The van der Waals surface area contributed by atoms with Gasteiger partial charge in [0.05, 0.1) is 5.69 Å². The number of hydrogen-bond donors (Lipinski definition) is 0. The summed E-state index contributed by atoms with van der Waals surface area (Å²) < 4.78 is 1.26. The molecule has 0 aliphatic carbocycles. The summed E-state index contributed by atoms with van der Waals surface area (Å²) in [5, 5.41) is 4.86.